The lowest BCUT2D eigenvalue weighted by molar-refractivity contribution is -0.120. The molecule has 3 aromatic carbocycles. The molecule has 172 valence electrons. The number of carbonyl (C=O) groups is 3. The van der Waals surface area contributed by atoms with Gasteiger partial charge in [-0.05, 0) is 47.4 Å². The zero-order valence-electron chi connectivity index (χ0n) is 19.5. The van der Waals surface area contributed by atoms with Crippen molar-refractivity contribution in [1.82, 2.24) is 4.90 Å². The third kappa shape index (κ3) is 4.62. The van der Waals surface area contributed by atoms with Gasteiger partial charge in [0.15, 0.2) is 0 Å². The highest BCUT2D eigenvalue weighted by Crippen LogP contribution is 2.35. The Hall–Kier alpha value is -4.19. The van der Waals surface area contributed by atoms with E-state index in [4.69, 9.17) is 0 Å². The number of benzene rings is 3. The number of hydrogen-bond donors (Lipinski definition) is 1. The van der Waals surface area contributed by atoms with Crippen molar-refractivity contribution in [1.29, 1.82) is 0 Å². The van der Waals surface area contributed by atoms with Crippen molar-refractivity contribution < 1.29 is 14.4 Å². The molecule has 34 heavy (non-hydrogen) atoms. The van der Waals surface area contributed by atoms with Gasteiger partial charge in [-0.15, -0.1) is 0 Å². The summed E-state index contributed by atoms with van der Waals surface area (Å²) < 4.78 is 0. The number of aryl methyl sites for hydroxylation is 1. The number of carbonyl (C=O) groups excluding carboxylic acids is 3. The molecule has 1 heterocycles. The van der Waals surface area contributed by atoms with Crippen LogP contribution < -0.4 is 10.2 Å². The SMILES string of the molecule is CCc1ccc(N2C(=O)C(c3ccc(NC(C)=O)cc3)=C(N(C)Cc3ccccc3)C2=O)cc1. The van der Waals surface area contributed by atoms with Gasteiger partial charge in [-0.25, -0.2) is 4.90 Å². The fourth-order valence-electron chi connectivity index (χ4n) is 4.11. The summed E-state index contributed by atoms with van der Waals surface area (Å²) in [6, 6.07) is 24.3. The van der Waals surface area contributed by atoms with Gasteiger partial charge in [-0.2, -0.15) is 0 Å². The van der Waals surface area contributed by atoms with E-state index >= 15 is 0 Å². The van der Waals surface area contributed by atoms with Crippen LogP contribution in [0.25, 0.3) is 5.57 Å². The standard InChI is InChI=1S/C28H27N3O3/c1-4-20-10-16-24(17-11-20)31-27(33)25(22-12-14-23(15-13-22)29-19(2)32)26(28(31)34)30(3)18-21-8-6-5-7-9-21/h5-17H,4,18H2,1-3H3,(H,29,32). The van der Waals surface area contributed by atoms with Gasteiger partial charge in [0, 0.05) is 26.2 Å². The molecule has 0 unspecified atom stereocenters. The third-order valence-electron chi connectivity index (χ3n) is 5.80. The predicted octanol–water partition coefficient (Wildman–Crippen LogP) is 4.62. The average molecular weight is 454 g/mol. The smallest absolute Gasteiger partial charge is 0.282 e. The topological polar surface area (TPSA) is 69.7 Å². The summed E-state index contributed by atoms with van der Waals surface area (Å²) in [7, 11) is 1.82. The Morgan fingerprint density at radius 2 is 1.50 bits per heavy atom. The van der Waals surface area contributed by atoms with Gasteiger partial charge in [0.2, 0.25) is 5.91 Å². The van der Waals surface area contributed by atoms with Crippen LogP contribution in [0.1, 0.15) is 30.5 Å². The number of nitrogens with one attached hydrogen (secondary N) is 1. The van der Waals surface area contributed by atoms with E-state index in [1.165, 1.54) is 11.8 Å². The Morgan fingerprint density at radius 3 is 2.09 bits per heavy atom. The molecule has 6 heteroatoms. The Balaban J connectivity index is 1.75. The lowest BCUT2D eigenvalue weighted by Gasteiger charge is -2.21. The Labute approximate surface area is 199 Å². The number of hydrogen-bond acceptors (Lipinski definition) is 4. The highest BCUT2D eigenvalue weighted by molar-refractivity contribution is 6.45. The van der Waals surface area contributed by atoms with E-state index in [-0.39, 0.29) is 17.7 Å². The molecule has 3 amide bonds. The Kier molecular flexibility index (Phi) is 6.59. The number of anilines is 2. The van der Waals surface area contributed by atoms with E-state index in [0.29, 0.717) is 34.8 Å². The van der Waals surface area contributed by atoms with Crippen LogP contribution in [-0.4, -0.2) is 29.7 Å². The van der Waals surface area contributed by atoms with Crippen LogP contribution in [0.2, 0.25) is 0 Å². The first kappa shape index (κ1) is 23.0. The van der Waals surface area contributed by atoms with Gasteiger partial charge >= 0.3 is 0 Å². The second-order valence-corrected chi connectivity index (χ2v) is 8.29. The van der Waals surface area contributed by atoms with Gasteiger partial charge in [-0.1, -0.05) is 61.5 Å². The highest BCUT2D eigenvalue weighted by atomic mass is 16.2. The van der Waals surface area contributed by atoms with Crippen LogP contribution in [0.4, 0.5) is 11.4 Å². The summed E-state index contributed by atoms with van der Waals surface area (Å²) in [4.78, 5) is 41.7. The average Bonchev–Trinajstić information content (AvgIpc) is 3.10. The molecule has 4 rings (SSSR count). The third-order valence-corrected chi connectivity index (χ3v) is 5.80. The molecule has 0 aromatic heterocycles. The summed E-state index contributed by atoms with van der Waals surface area (Å²) >= 11 is 0. The molecule has 1 N–H and O–H groups in total. The fraction of sp³-hybridized carbons (Fsp3) is 0.179. The van der Waals surface area contributed by atoms with Crippen molar-refractivity contribution in [3.63, 3.8) is 0 Å². The van der Waals surface area contributed by atoms with Crippen molar-refractivity contribution >= 4 is 34.7 Å². The second kappa shape index (κ2) is 9.75. The molecule has 0 fully saturated rings. The van der Waals surface area contributed by atoms with Crippen molar-refractivity contribution in [3.8, 4) is 0 Å². The number of nitrogens with zero attached hydrogens (tertiary/aromatic N) is 2. The molecule has 3 aromatic rings. The van der Waals surface area contributed by atoms with Crippen LogP contribution in [0, 0.1) is 0 Å². The van der Waals surface area contributed by atoms with Crippen molar-refractivity contribution in [2.75, 3.05) is 17.3 Å². The molecular formula is C28H27N3O3. The minimum atomic E-state index is -0.364. The number of imide groups is 1. The normalized spacial score (nSPS) is 13.4. The fourth-order valence-corrected chi connectivity index (χ4v) is 4.11. The zero-order chi connectivity index (χ0) is 24.2. The molecule has 1 aliphatic rings. The lowest BCUT2D eigenvalue weighted by atomic mass is 10.0. The minimum absolute atomic E-state index is 0.177. The van der Waals surface area contributed by atoms with E-state index in [9.17, 15) is 14.4 Å². The first-order valence-corrected chi connectivity index (χ1v) is 11.2. The number of likely N-dealkylation sites (N-methyl/N-ethyl adjacent to an activating group) is 1. The van der Waals surface area contributed by atoms with E-state index in [1.807, 2.05) is 66.5 Å². The number of rotatable bonds is 7. The maximum absolute atomic E-state index is 13.7. The van der Waals surface area contributed by atoms with Crippen LogP contribution in [0.15, 0.2) is 84.6 Å². The first-order chi connectivity index (χ1) is 16.4. The van der Waals surface area contributed by atoms with Gasteiger partial charge in [0.25, 0.3) is 11.8 Å². The van der Waals surface area contributed by atoms with Gasteiger partial charge in [0.05, 0.1) is 11.3 Å². The van der Waals surface area contributed by atoms with Crippen LogP contribution in [0.3, 0.4) is 0 Å². The maximum Gasteiger partial charge on any atom is 0.282 e. The van der Waals surface area contributed by atoms with Gasteiger partial charge in [-0.3, -0.25) is 14.4 Å². The Morgan fingerprint density at radius 1 is 0.853 bits per heavy atom. The molecular weight excluding hydrogens is 426 g/mol. The van der Waals surface area contributed by atoms with Crippen LogP contribution >= 0.6 is 0 Å². The molecule has 0 saturated heterocycles. The predicted molar refractivity (Wildman–Crippen MR) is 134 cm³/mol. The van der Waals surface area contributed by atoms with Crippen molar-refractivity contribution in [3.05, 3.63) is 101 Å². The molecule has 1 aliphatic heterocycles. The van der Waals surface area contributed by atoms with Gasteiger partial charge in [0.1, 0.15) is 5.70 Å². The van der Waals surface area contributed by atoms with E-state index < -0.39 is 0 Å². The van der Waals surface area contributed by atoms with Crippen molar-refractivity contribution in [2.24, 2.45) is 0 Å². The summed E-state index contributed by atoms with van der Waals surface area (Å²) in [6.07, 6.45) is 0.872. The summed E-state index contributed by atoms with van der Waals surface area (Å²) in [5, 5.41) is 2.73. The quantitative estimate of drug-likeness (QED) is 0.530. The molecule has 6 nitrogen and oxygen atoms in total. The highest BCUT2D eigenvalue weighted by Gasteiger charge is 2.41. The molecule has 0 bridgehead atoms. The van der Waals surface area contributed by atoms with Crippen LogP contribution in [-0.2, 0) is 27.3 Å². The molecule has 0 radical (unpaired) electrons. The van der Waals surface area contributed by atoms with Crippen molar-refractivity contribution in [2.45, 2.75) is 26.8 Å². The van der Waals surface area contributed by atoms with E-state index in [2.05, 4.69) is 12.2 Å². The monoisotopic (exact) mass is 453 g/mol. The van der Waals surface area contributed by atoms with Crippen LogP contribution in [0.5, 0.6) is 0 Å². The summed E-state index contributed by atoms with van der Waals surface area (Å²) in [6.45, 7) is 3.97. The second-order valence-electron chi connectivity index (χ2n) is 8.29. The van der Waals surface area contributed by atoms with E-state index in [0.717, 1.165) is 17.5 Å². The lowest BCUT2D eigenvalue weighted by Crippen LogP contribution is -2.34. The van der Waals surface area contributed by atoms with E-state index in [1.54, 1.807) is 24.3 Å². The molecule has 0 saturated carbocycles. The number of amides is 3. The summed E-state index contributed by atoms with van der Waals surface area (Å²) in [5.41, 5.74) is 4.64. The molecule has 0 atom stereocenters. The first-order valence-electron chi connectivity index (χ1n) is 11.2. The Bertz CT molecular complexity index is 1250. The molecule has 0 aliphatic carbocycles. The largest absolute Gasteiger partial charge is 0.365 e. The maximum atomic E-state index is 13.7. The zero-order valence-corrected chi connectivity index (χ0v) is 19.5. The minimum Gasteiger partial charge on any atom is -0.365 e. The molecule has 0 spiro atoms. The summed E-state index contributed by atoms with van der Waals surface area (Å²) in [5.74, 6) is -0.894. The van der Waals surface area contributed by atoms with Gasteiger partial charge < -0.3 is 10.2 Å².